The number of nitrogens with one attached hydrogen (secondary N) is 1. The van der Waals surface area contributed by atoms with Crippen molar-refractivity contribution in [2.75, 3.05) is 14.1 Å². The molecule has 134 valence electrons. The van der Waals surface area contributed by atoms with Crippen molar-refractivity contribution in [3.63, 3.8) is 0 Å². The molecule has 0 saturated carbocycles. The summed E-state index contributed by atoms with van der Waals surface area (Å²) in [5.74, 6) is -0.0435. The third-order valence-corrected chi connectivity index (χ3v) is 5.11. The highest BCUT2D eigenvalue weighted by molar-refractivity contribution is 6.42. The van der Waals surface area contributed by atoms with Crippen LogP contribution in [0.5, 0.6) is 0 Å². The Kier molecular flexibility index (Phi) is 5.64. The van der Waals surface area contributed by atoms with Gasteiger partial charge in [-0.25, -0.2) is 0 Å². The summed E-state index contributed by atoms with van der Waals surface area (Å²) in [4.78, 5) is 14.0. The first-order valence-corrected chi connectivity index (χ1v) is 8.95. The van der Waals surface area contributed by atoms with Gasteiger partial charge in [-0.1, -0.05) is 53.5 Å². The SMILES string of the molecule is CN(C)C(=O)CC(c1ccc(-c2cn[nH]c2)cc1)c1ccc(Cl)c(Cl)c1. The molecule has 0 bridgehead atoms. The maximum Gasteiger partial charge on any atom is 0.223 e. The molecule has 1 aromatic heterocycles. The number of nitrogens with zero attached hydrogens (tertiary/aromatic N) is 2. The molecule has 0 aliphatic rings. The van der Waals surface area contributed by atoms with Crippen LogP contribution in [-0.2, 0) is 4.79 Å². The van der Waals surface area contributed by atoms with Crippen LogP contribution in [0.1, 0.15) is 23.5 Å². The second kappa shape index (κ2) is 7.94. The molecule has 0 saturated heterocycles. The Morgan fingerprint density at radius 2 is 1.73 bits per heavy atom. The topological polar surface area (TPSA) is 49.0 Å². The zero-order valence-corrected chi connectivity index (χ0v) is 16.1. The summed E-state index contributed by atoms with van der Waals surface area (Å²) in [7, 11) is 3.52. The fraction of sp³-hybridized carbons (Fsp3) is 0.200. The molecule has 0 radical (unpaired) electrons. The average Bonchev–Trinajstić information content (AvgIpc) is 3.17. The van der Waals surface area contributed by atoms with Crippen LogP contribution >= 0.6 is 23.2 Å². The van der Waals surface area contributed by atoms with Crippen molar-refractivity contribution < 1.29 is 4.79 Å². The Bertz CT molecular complexity index is 890. The number of rotatable bonds is 5. The van der Waals surface area contributed by atoms with Gasteiger partial charge in [-0.3, -0.25) is 9.89 Å². The highest BCUT2D eigenvalue weighted by Crippen LogP contribution is 2.33. The van der Waals surface area contributed by atoms with Gasteiger partial charge >= 0.3 is 0 Å². The molecule has 4 nitrogen and oxygen atoms in total. The summed E-state index contributed by atoms with van der Waals surface area (Å²) in [5, 5.41) is 7.78. The number of amides is 1. The predicted molar refractivity (Wildman–Crippen MR) is 106 cm³/mol. The van der Waals surface area contributed by atoms with E-state index >= 15 is 0 Å². The molecule has 1 amide bonds. The summed E-state index contributed by atoms with van der Waals surface area (Å²) < 4.78 is 0. The third-order valence-electron chi connectivity index (χ3n) is 4.37. The quantitative estimate of drug-likeness (QED) is 0.669. The summed E-state index contributed by atoms with van der Waals surface area (Å²) in [5.41, 5.74) is 4.10. The predicted octanol–water partition coefficient (Wildman–Crippen LogP) is 4.99. The van der Waals surface area contributed by atoms with Crippen molar-refractivity contribution in [3.8, 4) is 11.1 Å². The van der Waals surface area contributed by atoms with Crippen molar-refractivity contribution in [2.24, 2.45) is 0 Å². The number of carbonyl (C=O) groups excluding carboxylic acids is 1. The lowest BCUT2D eigenvalue weighted by molar-refractivity contribution is -0.128. The van der Waals surface area contributed by atoms with E-state index in [0.717, 1.165) is 22.3 Å². The minimum absolute atomic E-state index is 0.0555. The number of aromatic nitrogens is 2. The van der Waals surface area contributed by atoms with Gasteiger partial charge in [0.2, 0.25) is 5.91 Å². The van der Waals surface area contributed by atoms with Gasteiger partial charge in [0, 0.05) is 38.2 Å². The van der Waals surface area contributed by atoms with Crippen LogP contribution < -0.4 is 0 Å². The van der Waals surface area contributed by atoms with E-state index in [0.29, 0.717) is 16.5 Å². The second-order valence-corrected chi connectivity index (χ2v) is 7.14. The summed E-state index contributed by atoms with van der Waals surface area (Å²) in [6.07, 6.45) is 3.98. The molecule has 1 N–H and O–H groups in total. The highest BCUT2D eigenvalue weighted by atomic mass is 35.5. The summed E-state index contributed by atoms with van der Waals surface area (Å²) in [6.45, 7) is 0. The maximum absolute atomic E-state index is 12.4. The molecule has 0 aliphatic carbocycles. The number of halogens is 2. The molecule has 3 aromatic rings. The molecule has 3 rings (SSSR count). The van der Waals surface area contributed by atoms with Crippen LogP contribution in [0, 0.1) is 0 Å². The first kappa shape index (κ1) is 18.5. The van der Waals surface area contributed by atoms with Gasteiger partial charge in [0.25, 0.3) is 0 Å². The average molecular weight is 388 g/mol. The third kappa shape index (κ3) is 4.09. The fourth-order valence-electron chi connectivity index (χ4n) is 2.83. The molecule has 0 fully saturated rings. The molecular formula is C20H19Cl2N3O. The fourth-order valence-corrected chi connectivity index (χ4v) is 3.14. The molecular weight excluding hydrogens is 369 g/mol. The van der Waals surface area contributed by atoms with Crippen LogP contribution in [0.15, 0.2) is 54.9 Å². The molecule has 6 heteroatoms. The second-order valence-electron chi connectivity index (χ2n) is 6.33. The largest absolute Gasteiger partial charge is 0.349 e. The molecule has 26 heavy (non-hydrogen) atoms. The highest BCUT2D eigenvalue weighted by Gasteiger charge is 2.20. The number of H-pyrrole nitrogens is 1. The van der Waals surface area contributed by atoms with Crippen molar-refractivity contribution in [1.29, 1.82) is 0 Å². The van der Waals surface area contributed by atoms with E-state index in [1.165, 1.54) is 0 Å². The van der Waals surface area contributed by atoms with Crippen LogP contribution in [0.25, 0.3) is 11.1 Å². The van der Waals surface area contributed by atoms with Gasteiger partial charge in [0.05, 0.1) is 16.2 Å². The van der Waals surface area contributed by atoms with Crippen molar-refractivity contribution in [3.05, 3.63) is 76.0 Å². The van der Waals surface area contributed by atoms with E-state index in [9.17, 15) is 4.79 Å². The number of hydrogen-bond acceptors (Lipinski definition) is 2. The standard InChI is InChI=1S/C20H19Cl2N3O/c1-25(2)20(26)10-17(15-7-8-18(21)19(22)9-15)14-5-3-13(4-6-14)16-11-23-24-12-16/h3-9,11-12,17H,10H2,1-2H3,(H,23,24). The lowest BCUT2D eigenvalue weighted by Gasteiger charge is -2.21. The van der Waals surface area contributed by atoms with Gasteiger partial charge in [0.1, 0.15) is 0 Å². The smallest absolute Gasteiger partial charge is 0.223 e. The van der Waals surface area contributed by atoms with Crippen LogP contribution in [-0.4, -0.2) is 35.1 Å². The Morgan fingerprint density at radius 1 is 1.04 bits per heavy atom. The Labute approximate surface area is 162 Å². The van der Waals surface area contributed by atoms with E-state index in [-0.39, 0.29) is 11.8 Å². The lowest BCUT2D eigenvalue weighted by atomic mass is 9.87. The lowest BCUT2D eigenvalue weighted by Crippen LogP contribution is -2.24. The molecule has 1 atom stereocenters. The van der Waals surface area contributed by atoms with E-state index in [1.807, 2.05) is 42.6 Å². The van der Waals surface area contributed by atoms with Crippen LogP contribution in [0.3, 0.4) is 0 Å². The van der Waals surface area contributed by atoms with Crippen LogP contribution in [0.4, 0.5) is 0 Å². The Hall–Kier alpha value is -2.30. The first-order chi connectivity index (χ1) is 12.5. The van der Waals surface area contributed by atoms with Gasteiger partial charge < -0.3 is 4.90 Å². The molecule has 1 heterocycles. The van der Waals surface area contributed by atoms with Gasteiger partial charge in [0.15, 0.2) is 0 Å². The van der Waals surface area contributed by atoms with Gasteiger partial charge in [-0.15, -0.1) is 0 Å². The van der Waals surface area contributed by atoms with Crippen molar-refractivity contribution in [2.45, 2.75) is 12.3 Å². The summed E-state index contributed by atoms with van der Waals surface area (Å²) >= 11 is 12.2. The van der Waals surface area contributed by atoms with E-state index in [4.69, 9.17) is 23.2 Å². The normalized spacial score (nSPS) is 12.0. The minimum Gasteiger partial charge on any atom is -0.349 e. The van der Waals surface area contributed by atoms with Crippen molar-refractivity contribution in [1.82, 2.24) is 15.1 Å². The zero-order valence-electron chi connectivity index (χ0n) is 14.5. The molecule has 1 unspecified atom stereocenters. The van der Waals surface area contributed by atoms with Crippen LogP contribution in [0.2, 0.25) is 10.0 Å². The monoisotopic (exact) mass is 387 g/mol. The molecule has 2 aromatic carbocycles. The van der Waals surface area contributed by atoms with E-state index < -0.39 is 0 Å². The van der Waals surface area contributed by atoms with Gasteiger partial charge in [-0.05, 0) is 28.8 Å². The van der Waals surface area contributed by atoms with E-state index in [2.05, 4.69) is 10.2 Å². The number of benzene rings is 2. The first-order valence-electron chi connectivity index (χ1n) is 8.20. The number of aromatic amines is 1. The molecule has 0 spiro atoms. The number of carbonyl (C=O) groups is 1. The maximum atomic E-state index is 12.4. The van der Waals surface area contributed by atoms with E-state index in [1.54, 1.807) is 31.3 Å². The Balaban J connectivity index is 1.96. The number of hydrogen-bond donors (Lipinski definition) is 1. The minimum atomic E-state index is -0.0990. The molecule has 0 aliphatic heterocycles. The zero-order chi connectivity index (χ0) is 18.7. The Morgan fingerprint density at radius 3 is 2.31 bits per heavy atom. The van der Waals surface area contributed by atoms with Gasteiger partial charge in [-0.2, -0.15) is 5.10 Å². The summed E-state index contributed by atoms with van der Waals surface area (Å²) in [6, 6.07) is 13.7. The van der Waals surface area contributed by atoms with Crippen molar-refractivity contribution >= 4 is 29.1 Å².